The highest BCUT2D eigenvalue weighted by atomic mass is 79.9. The van der Waals surface area contributed by atoms with E-state index in [1.54, 1.807) is 22.3 Å². The molecule has 0 unspecified atom stereocenters. The van der Waals surface area contributed by atoms with Crippen LogP contribution < -0.4 is 0 Å². The van der Waals surface area contributed by atoms with Gasteiger partial charge in [-0.3, -0.25) is 0 Å². The fourth-order valence-corrected chi connectivity index (χ4v) is 7.12. The summed E-state index contributed by atoms with van der Waals surface area (Å²) in [6.07, 6.45) is 2.47. The van der Waals surface area contributed by atoms with Gasteiger partial charge in [-0.15, -0.1) is 0 Å². The Balaban J connectivity index is 2.41. The van der Waals surface area contributed by atoms with E-state index in [1.807, 2.05) is 0 Å². The lowest BCUT2D eigenvalue weighted by Gasteiger charge is -2.26. The molecule has 2 aliphatic carbocycles. The second kappa shape index (κ2) is 3.96. The molecule has 0 nitrogen and oxygen atoms in total. The summed E-state index contributed by atoms with van der Waals surface area (Å²) in [5, 5.41) is 0. The maximum Gasteiger partial charge on any atom is 0.0256 e. The number of hydrogen-bond donors (Lipinski definition) is 0. The van der Waals surface area contributed by atoms with E-state index in [2.05, 4.69) is 77.4 Å². The molecule has 0 aromatic heterocycles. The van der Waals surface area contributed by atoms with Gasteiger partial charge >= 0.3 is 0 Å². The van der Waals surface area contributed by atoms with Crippen molar-refractivity contribution in [1.29, 1.82) is 0 Å². The summed E-state index contributed by atoms with van der Waals surface area (Å²) < 4.78 is 1.40. The van der Waals surface area contributed by atoms with Gasteiger partial charge in [0.1, 0.15) is 0 Å². The van der Waals surface area contributed by atoms with Crippen molar-refractivity contribution in [2.75, 3.05) is 0 Å². The highest BCUT2D eigenvalue weighted by molar-refractivity contribution is 9.10. The van der Waals surface area contributed by atoms with E-state index in [-0.39, 0.29) is 21.7 Å². The summed E-state index contributed by atoms with van der Waals surface area (Å²) in [6, 6.07) is 2.55. The minimum atomic E-state index is 0.259. The highest BCUT2D eigenvalue weighted by Gasteiger charge is 2.49. The van der Waals surface area contributed by atoms with Gasteiger partial charge in [-0.1, -0.05) is 77.4 Å². The number of benzene rings is 1. The quantitative estimate of drug-likeness (QED) is 0.511. The number of fused-ring (bicyclic) bond motifs is 2. The number of halogens is 1. The third-order valence-corrected chi connectivity index (χ3v) is 6.64. The Bertz CT molecular complexity index is 577. The third-order valence-electron chi connectivity index (χ3n) is 5.85. The minimum absolute atomic E-state index is 0.259. The first-order chi connectivity index (χ1) is 9.30. The molecule has 0 spiro atoms. The number of hydrogen-bond acceptors (Lipinski definition) is 0. The zero-order valence-electron chi connectivity index (χ0n) is 14.9. The smallest absolute Gasteiger partial charge is 0.0256 e. The van der Waals surface area contributed by atoms with E-state index in [0.29, 0.717) is 0 Å². The van der Waals surface area contributed by atoms with E-state index in [9.17, 15) is 0 Å². The summed E-state index contributed by atoms with van der Waals surface area (Å²) in [5.41, 5.74) is 7.35. The lowest BCUT2D eigenvalue weighted by atomic mass is 9.80. The Morgan fingerprint density at radius 2 is 1.00 bits per heavy atom. The zero-order chi connectivity index (χ0) is 16.0. The van der Waals surface area contributed by atoms with Crippen LogP contribution in [0.25, 0.3) is 0 Å². The molecule has 2 aliphatic rings. The molecule has 1 heteroatoms. The van der Waals surface area contributed by atoms with Crippen molar-refractivity contribution in [2.24, 2.45) is 0 Å². The molecular formula is C20H29Br. The van der Waals surface area contributed by atoms with Crippen molar-refractivity contribution in [2.45, 2.75) is 89.9 Å². The normalized spacial score (nSPS) is 26.5. The predicted octanol–water partition coefficient (Wildman–Crippen LogP) is 6.37. The SMILES string of the molecule is CC1(C)CC(C)(C)c2c1cc1c(c2Br)C(C)(C)CC1(C)C. The first kappa shape index (κ1) is 15.6. The Labute approximate surface area is 138 Å². The van der Waals surface area contributed by atoms with Crippen LogP contribution in [0.2, 0.25) is 0 Å². The van der Waals surface area contributed by atoms with Gasteiger partial charge in [0.15, 0.2) is 0 Å². The van der Waals surface area contributed by atoms with Crippen LogP contribution in [0.1, 0.15) is 90.5 Å². The number of rotatable bonds is 0. The van der Waals surface area contributed by atoms with Crippen LogP contribution in [0.4, 0.5) is 0 Å². The van der Waals surface area contributed by atoms with Crippen LogP contribution in [0.15, 0.2) is 10.5 Å². The van der Waals surface area contributed by atoms with Crippen molar-refractivity contribution in [3.05, 3.63) is 32.8 Å². The van der Waals surface area contributed by atoms with Gasteiger partial charge in [-0.2, -0.15) is 0 Å². The van der Waals surface area contributed by atoms with Gasteiger partial charge in [0, 0.05) is 4.47 Å². The largest absolute Gasteiger partial charge is 0.0558 e. The molecule has 0 radical (unpaired) electrons. The molecule has 0 aliphatic heterocycles. The molecule has 116 valence electrons. The molecule has 0 saturated carbocycles. The van der Waals surface area contributed by atoms with Crippen LogP contribution in [0.5, 0.6) is 0 Å². The van der Waals surface area contributed by atoms with Gasteiger partial charge < -0.3 is 0 Å². The summed E-state index contributed by atoms with van der Waals surface area (Å²) in [5.74, 6) is 0. The summed E-state index contributed by atoms with van der Waals surface area (Å²) in [7, 11) is 0. The summed E-state index contributed by atoms with van der Waals surface area (Å²) in [4.78, 5) is 0. The second-order valence-corrected chi connectivity index (χ2v) is 10.7. The second-order valence-electron chi connectivity index (χ2n) is 9.92. The Morgan fingerprint density at radius 3 is 1.33 bits per heavy atom. The molecule has 0 N–H and O–H groups in total. The van der Waals surface area contributed by atoms with Gasteiger partial charge in [0.05, 0.1) is 0 Å². The van der Waals surface area contributed by atoms with Gasteiger partial charge in [-0.25, -0.2) is 0 Å². The summed E-state index contributed by atoms with van der Waals surface area (Å²) >= 11 is 4.04. The molecule has 0 heterocycles. The van der Waals surface area contributed by atoms with E-state index in [4.69, 9.17) is 0 Å². The molecule has 0 atom stereocenters. The molecule has 0 bridgehead atoms. The van der Waals surface area contributed by atoms with Crippen molar-refractivity contribution < 1.29 is 0 Å². The van der Waals surface area contributed by atoms with Crippen molar-refractivity contribution in [3.63, 3.8) is 0 Å². The third kappa shape index (κ3) is 1.99. The van der Waals surface area contributed by atoms with Crippen LogP contribution in [0.3, 0.4) is 0 Å². The van der Waals surface area contributed by atoms with E-state index >= 15 is 0 Å². The molecule has 1 aromatic carbocycles. The first-order valence-corrected chi connectivity index (χ1v) is 8.97. The molecular weight excluding hydrogens is 320 g/mol. The van der Waals surface area contributed by atoms with Crippen LogP contribution >= 0.6 is 15.9 Å². The van der Waals surface area contributed by atoms with Gasteiger partial charge in [0.25, 0.3) is 0 Å². The molecule has 0 fully saturated rings. The monoisotopic (exact) mass is 348 g/mol. The molecule has 21 heavy (non-hydrogen) atoms. The van der Waals surface area contributed by atoms with E-state index in [1.165, 1.54) is 17.3 Å². The fraction of sp³-hybridized carbons (Fsp3) is 0.700. The lowest BCUT2D eigenvalue weighted by Crippen LogP contribution is -2.20. The van der Waals surface area contributed by atoms with Crippen LogP contribution in [-0.4, -0.2) is 0 Å². The summed E-state index contributed by atoms with van der Waals surface area (Å²) in [6.45, 7) is 19.3. The zero-order valence-corrected chi connectivity index (χ0v) is 16.5. The average molecular weight is 349 g/mol. The maximum atomic E-state index is 4.04. The molecule has 3 rings (SSSR count). The Morgan fingerprint density at radius 1 is 0.667 bits per heavy atom. The van der Waals surface area contributed by atoms with Crippen LogP contribution in [0, 0.1) is 0 Å². The average Bonchev–Trinajstić information content (AvgIpc) is 2.52. The lowest BCUT2D eigenvalue weighted by molar-refractivity contribution is 0.394. The van der Waals surface area contributed by atoms with Crippen molar-refractivity contribution >= 4 is 15.9 Å². The minimum Gasteiger partial charge on any atom is -0.0558 e. The van der Waals surface area contributed by atoms with Crippen molar-refractivity contribution in [1.82, 2.24) is 0 Å². The predicted molar refractivity (Wildman–Crippen MR) is 95.5 cm³/mol. The standard InChI is InChI=1S/C20H29Br/c1-17(2)10-19(5,6)14-12(17)9-13-15(16(14)21)20(7,8)11-18(13,3)4/h9H,10-11H2,1-8H3. The topological polar surface area (TPSA) is 0 Å². The van der Waals surface area contributed by atoms with Crippen molar-refractivity contribution in [3.8, 4) is 0 Å². The van der Waals surface area contributed by atoms with Gasteiger partial charge in [-0.05, 0) is 56.8 Å². The first-order valence-electron chi connectivity index (χ1n) is 8.18. The Kier molecular flexibility index (Phi) is 2.94. The highest BCUT2D eigenvalue weighted by Crippen LogP contribution is 2.59. The van der Waals surface area contributed by atoms with Crippen LogP contribution in [-0.2, 0) is 21.7 Å². The van der Waals surface area contributed by atoms with Gasteiger partial charge in [0.2, 0.25) is 0 Å². The molecule has 1 aromatic rings. The van der Waals surface area contributed by atoms with E-state index < -0.39 is 0 Å². The molecule has 0 saturated heterocycles. The van der Waals surface area contributed by atoms with E-state index in [0.717, 1.165) is 0 Å². The maximum absolute atomic E-state index is 4.04. The Hall–Kier alpha value is -0.300. The fourth-order valence-electron chi connectivity index (χ4n) is 5.62. The molecule has 0 amide bonds.